The van der Waals surface area contributed by atoms with Gasteiger partial charge in [0.2, 0.25) is 5.91 Å². The molecule has 3 aromatic carbocycles. The first-order chi connectivity index (χ1) is 14.0. The summed E-state index contributed by atoms with van der Waals surface area (Å²) >= 11 is 0. The van der Waals surface area contributed by atoms with Crippen molar-refractivity contribution in [2.24, 2.45) is 0 Å². The van der Waals surface area contributed by atoms with E-state index in [2.05, 4.69) is 41.4 Å². The predicted molar refractivity (Wildman–Crippen MR) is 120 cm³/mol. The number of benzene rings is 3. The van der Waals surface area contributed by atoms with E-state index >= 15 is 0 Å². The van der Waals surface area contributed by atoms with Crippen LogP contribution >= 0.6 is 0 Å². The summed E-state index contributed by atoms with van der Waals surface area (Å²) in [4.78, 5) is 15.0. The van der Waals surface area contributed by atoms with E-state index < -0.39 is 0 Å². The lowest BCUT2D eigenvalue weighted by atomic mass is 10.1. The summed E-state index contributed by atoms with van der Waals surface area (Å²) in [6.07, 6.45) is 0. The molecule has 0 radical (unpaired) electrons. The normalized spacial score (nSPS) is 10.5. The van der Waals surface area contributed by atoms with Crippen LogP contribution < -0.4 is 15.0 Å². The number of hydrogen-bond donors (Lipinski definition) is 1. The Morgan fingerprint density at radius 1 is 0.931 bits per heavy atom. The summed E-state index contributed by atoms with van der Waals surface area (Å²) in [6, 6.07) is 22.2. The second-order valence-electron chi connectivity index (χ2n) is 7.36. The number of nitrogens with one attached hydrogen (secondary N) is 1. The molecule has 0 aliphatic heterocycles. The van der Waals surface area contributed by atoms with Crippen molar-refractivity contribution < 1.29 is 9.53 Å². The number of hydrogen-bond acceptors (Lipinski definition) is 3. The molecule has 0 fully saturated rings. The first kappa shape index (κ1) is 20.5. The molecule has 4 heteroatoms. The predicted octanol–water partition coefficient (Wildman–Crippen LogP) is 5.27. The fourth-order valence-corrected chi connectivity index (χ4v) is 3.56. The quantitative estimate of drug-likeness (QED) is 0.600. The van der Waals surface area contributed by atoms with E-state index in [1.165, 1.54) is 5.56 Å². The molecule has 0 atom stereocenters. The van der Waals surface area contributed by atoms with Gasteiger partial charge in [0.1, 0.15) is 5.75 Å². The largest absolute Gasteiger partial charge is 0.497 e. The number of ether oxygens (including phenoxy) is 1. The van der Waals surface area contributed by atoms with E-state index in [9.17, 15) is 4.79 Å². The van der Waals surface area contributed by atoms with Crippen LogP contribution in [0, 0.1) is 20.8 Å². The highest BCUT2D eigenvalue weighted by atomic mass is 16.5. The minimum Gasteiger partial charge on any atom is -0.497 e. The summed E-state index contributed by atoms with van der Waals surface area (Å²) < 4.78 is 5.27. The Morgan fingerprint density at radius 3 is 2.14 bits per heavy atom. The maximum Gasteiger partial charge on any atom is 0.243 e. The second-order valence-corrected chi connectivity index (χ2v) is 7.36. The number of aryl methyl sites for hydroxylation is 3. The molecule has 0 spiro atoms. The van der Waals surface area contributed by atoms with Crippen molar-refractivity contribution in [2.75, 3.05) is 23.9 Å². The first-order valence-corrected chi connectivity index (χ1v) is 9.77. The molecule has 0 bridgehead atoms. The maximum atomic E-state index is 12.9. The minimum absolute atomic E-state index is 0.0354. The maximum absolute atomic E-state index is 12.9. The Bertz CT molecular complexity index is 943. The molecule has 0 aliphatic rings. The number of nitrogens with zero attached hydrogens (tertiary/aromatic N) is 1. The van der Waals surface area contributed by atoms with Gasteiger partial charge in [-0.3, -0.25) is 4.79 Å². The molecule has 150 valence electrons. The standard InChI is InChI=1S/C25H28N2O2/c1-18-14-19(2)25(20(3)15-18)26-24(28)17-27(16-21-8-6-5-7-9-21)22-10-12-23(29-4)13-11-22/h5-15H,16-17H2,1-4H3,(H,26,28). The summed E-state index contributed by atoms with van der Waals surface area (Å²) in [6.45, 7) is 7.03. The van der Waals surface area contributed by atoms with Gasteiger partial charge in [-0.2, -0.15) is 0 Å². The molecule has 4 nitrogen and oxygen atoms in total. The zero-order valence-corrected chi connectivity index (χ0v) is 17.5. The summed E-state index contributed by atoms with van der Waals surface area (Å²) in [5.41, 5.74) is 6.38. The van der Waals surface area contributed by atoms with Gasteiger partial charge in [-0.25, -0.2) is 0 Å². The first-order valence-electron chi connectivity index (χ1n) is 9.77. The minimum atomic E-state index is -0.0354. The lowest BCUT2D eigenvalue weighted by molar-refractivity contribution is -0.115. The van der Waals surface area contributed by atoms with Crippen LogP contribution in [0.2, 0.25) is 0 Å². The Kier molecular flexibility index (Phi) is 6.55. The number of rotatable bonds is 7. The Morgan fingerprint density at radius 2 is 1.55 bits per heavy atom. The Balaban J connectivity index is 1.81. The summed E-state index contributed by atoms with van der Waals surface area (Å²) in [7, 11) is 1.65. The van der Waals surface area contributed by atoms with Crippen LogP contribution in [0.15, 0.2) is 66.7 Å². The number of carbonyl (C=O) groups excluding carboxylic acids is 1. The van der Waals surface area contributed by atoms with Crippen molar-refractivity contribution in [2.45, 2.75) is 27.3 Å². The molecule has 1 N–H and O–H groups in total. The van der Waals surface area contributed by atoms with Gasteiger partial charge >= 0.3 is 0 Å². The lowest BCUT2D eigenvalue weighted by Crippen LogP contribution is -2.33. The summed E-state index contributed by atoms with van der Waals surface area (Å²) in [5, 5.41) is 3.11. The molecular weight excluding hydrogens is 360 g/mol. The van der Waals surface area contributed by atoms with Crippen LogP contribution in [0.4, 0.5) is 11.4 Å². The fraction of sp³-hybridized carbons (Fsp3) is 0.240. The molecule has 3 rings (SSSR count). The third-order valence-corrected chi connectivity index (χ3v) is 4.93. The third-order valence-electron chi connectivity index (χ3n) is 4.93. The highest BCUT2D eigenvalue weighted by Gasteiger charge is 2.15. The van der Waals surface area contributed by atoms with Gasteiger partial charge in [0.25, 0.3) is 0 Å². The number of amides is 1. The van der Waals surface area contributed by atoms with Crippen molar-refractivity contribution in [3.05, 3.63) is 89.0 Å². The topological polar surface area (TPSA) is 41.6 Å². The van der Waals surface area contributed by atoms with E-state index in [-0.39, 0.29) is 12.5 Å². The van der Waals surface area contributed by atoms with Crippen LogP contribution in [0.3, 0.4) is 0 Å². The highest BCUT2D eigenvalue weighted by molar-refractivity contribution is 5.95. The lowest BCUT2D eigenvalue weighted by Gasteiger charge is -2.25. The molecular formula is C25H28N2O2. The smallest absolute Gasteiger partial charge is 0.243 e. The Labute approximate surface area is 173 Å². The van der Waals surface area contributed by atoms with E-state index in [0.717, 1.165) is 33.8 Å². The molecule has 0 unspecified atom stereocenters. The molecule has 0 saturated carbocycles. The molecule has 29 heavy (non-hydrogen) atoms. The van der Waals surface area contributed by atoms with E-state index in [1.54, 1.807) is 7.11 Å². The van der Waals surface area contributed by atoms with Crippen molar-refractivity contribution in [1.82, 2.24) is 0 Å². The average molecular weight is 389 g/mol. The van der Waals surface area contributed by atoms with Gasteiger partial charge < -0.3 is 15.0 Å². The monoisotopic (exact) mass is 388 g/mol. The molecule has 0 saturated heterocycles. The summed E-state index contributed by atoms with van der Waals surface area (Å²) in [5.74, 6) is 0.760. The van der Waals surface area contributed by atoms with Crippen molar-refractivity contribution in [3.63, 3.8) is 0 Å². The average Bonchev–Trinajstić information content (AvgIpc) is 2.71. The van der Waals surface area contributed by atoms with Crippen LogP contribution in [0.25, 0.3) is 0 Å². The zero-order chi connectivity index (χ0) is 20.8. The van der Waals surface area contributed by atoms with E-state index in [4.69, 9.17) is 4.74 Å². The second kappa shape index (κ2) is 9.28. The number of methoxy groups -OCH3 is 1. The van der Waals surface area contributed by atoms with Gasteiger partial charge in [0.05, 0.1) is 13.7 Å². The van der Waals surface area contributed by atoms with Crippen molar-refractivity contribution >= 4 is 17.3 Å². The third kappa shape index (κ3) is 5.38. The van der Waals surface area contributed by atoms with Gasteiger partial charge in [-0.1, -0.05) is 48.0 Å². The van der Waals surface area contributed by atoms with Gasteiger partial charge in [-0.15, -0.1) is 0 Å². The van der Waals surface area contributed by atoms with Crippen LogP contribution in [-0.4, -0.2) is 19.6 Å². The molecule has 0 heterocycles. The Hall–Kier alpha value is -3.27. The zero-order valence-electron chi connectivity index (χ0n) is 17.5. The molecule has 0 aromatic heterocycles. The molecule has 0 aliphatic carbocycles. The van der Waals surface area contributed by atoms with Gasteiger partial charge in [0.15, 0.2) is 0 Å². The molecule has 3 aromatic rings. The molecule has 1 amide bonds. The van der Waals surface area contributed by atoms with Crippen molar-refractivity contribution in [1.29, 1.82) is 0 Å². The fourth-order valence-electron chi connectivity index (χ4n) is 3.56. The van der Waals surface area contributed by atoms with Crippen LogP contribution in [-0.2, 0) is 11.3 Å². The number of carbonyl (C=O) groups is 1. The van der Waals surface area contributed by atoms with Crippen LogP contribution in [0.1, 0.15) is 22.3 Å². The van der Waals surface area contributed by atoms with Gasteiger partial charge in [0, 0.05) is 17.9 Å². The van der Waals surface area contributed by atoms with Crippen molar-refractivity contribution in [3.8, 4) is 5.75 Å². The van der Waals surface area contributed by atoms with E-state index in [1.807, 2.05) is 56.3 Å². The number of anilines is 2. The van der Waals surface area contributed by atoms with Crippen LogP contribution in [0.5, 0.6) is 5.75 Å². The van der Waals surface area contributed by atoms with E-state index in [0.29, 0.717) is 6.54 Å². The SMILES string of the molecule is COc1ccc(N(CC(=O)Nc2c(C)cc(C)cc2C)Cc2ccccc2)cc1. The highest BCUT2D eigenvalue weighted by Crippen LogP contribution is 2.24. The van der Waals surface area contributed by atoms with Gasteiger partial charge in [-0.05, 0) is 61.7 Å².